The Labute approximate surface area is 202 Å². The predicted molar refractivity (Wildman–Crippen MR) is 128 cm³/mol. The third-order valence-electron chi connectivity index (χ3n) is 6.35. The van der Waals surface area contributed by atoms with Crippen LogP contribution in [0.2, 0.25) is 0 Å². The van der Waals surface area contributed by atoms with E-state index < -0.39 is 5.92 Å². The van der Waals surface area contributed by atoms with Crippen LogP contribution in [0.4, 0.5) is 0 Å². The Kier molecular flexibility index (Phi) is 6.48. The van der Waals surface area contributed by atoms with Gasteiger partial charge in [0.25, 0.3) is 0 Å². The number of nitrogens with one attached hydrogen (secondary N) is 1. The minimum absolute atomic E-state index is 0.0384. The average Bonchev–Trinajstić information content (AvgIpc) is 2.83. The Morgan fingerprint density at radius 3 is 2.30 bits per heavy atom. The highest BCUT2D eigenvalue weighted by Crippen LogP contribution is 2.48. The normalized spacial score (nSPS) is 20.1. The van der Waals surface area contributed by atoms with Gasteiger partial charge >= 0.3 is 0 Å². The van der Waals surface area contributed by atoms with E-state index in [1.54, 1.807) is 21.3 Å². The van der Waals surface area contributed by atoms with Crippen LogP contribution in [0.25, 0.3) is 0 Å². The summed E-state index contributed by atoms with van der Waals surface area (Å²) in [6.45, 7) is 1.88. The zero-order valence-corrected chi connectivity index (χ0v) is 20.6. The summed E-state index contributed by atoms with van der Waals surface area (Å²) in [5.41, 5.74) is 4.69. The molecule has 170 valence electrons. The molecule has 0 unspecified atom stereocenters. The number of dihydropyridines is 1. The number of carbonyl (C=O) groups is 1. The molecule has 6 nitrogen and oxygen atoms in total. The summed E-state index contributed by atoms with van der Waals surface area (Å²) in [5, 5.41) is 13.4. The van der Waals surface area contributed by atoms with Crippen LogP contribution in [-0.2, 0) is 4.79 Å². The number of halogens is 1. The molecule has 2 aromatic carbocycles. The highest BCUT2D eigenvalue weighted by Gasteiger charge is 2.40. The summed E-state index contributed by atoms with van der Waals surface area (Å²) < 4.78 is 16.9. The second kappa shape index (κ2) is 9.32. The van der Waals surface area contributed by atoms with Crippen molar-refractivity contribution in [1.82, 2.24) is 5.32 Å². The fraction of sp³-hybridized carbons (Fsp3) is 0.308. The monoisotopic (exact) mass is 508 g/mol. The van der Waals surface area contributed by atoms with Crippen molar-refractivity contribution in [3.05, 3.63) is 74.5 Å². The number of Topliss-reactive ketones (excluding diaryl/α,β-unsaturated/α-hetero) is 1. The van der Waals surface area contributed by atoms with Gasteiger partial charge in [0, 0.05) is 27.9 Å². The van der Waals surface area contributed by atoms with Crippen molar-refractivity contribution in [1.29, 1.82) is 5.26 Å². The third kappa shape index (κ3) is 4.11. The number of carbonyl (C=O) groups excluding carboxylic acids is 1. The first kappa shape index (κ1) is 22.9. The first-order valence-electron chi connectivity index (χ1n) is 10.6. The largest absolute Gasteiger partial charge is 0.497 e. The highest BCUT2D eigenvalue weighted by molar-refractivity contribution is 9.10. The number of hydrogen-bond acceptors (Lipinski definition) is 6. The molecular weight excluding hydrogens is 484 g/mol. The molecule has 1 aliphatic carbocycles. The highest BCUT2D eigenvalue weighted by atomic mass is 79.9. The number of ether oxygens (including phenoxy) is 3. The Balaban J connectivity index is 1.80. The Hall–Kier alpha value is -3.24. The fourth-order valence-corrected chi connectivity index (χ4v) is 5.25. The van der Waals surface area contributed by atoms with Gasteiger partial charge in [-0.05, 0) is 54.7 Å². The second-order valence-electron chi connectivity index (χ2n) is 8.13. The summed E-state index contributed by atoms with van der Waals surface area (Å²) in [6, 6.07) is 13.8. The van der Waals surface area contributed by atoms with Gasteiger partial charge in [-0.25, -0.2) is 0 Å². The van der Waals surface area contributed by atoms with Crippen molar-refractivity contribution in [3.8, 4) is 23.3 Å². The van der Waals surface area contributed by atoms with Crippen LogP contribution in [0.15, 0.2) is 63.4 Å². The molecule has 33 heavy (non-hydrogen) atoms. The first-order valence-corrected chi connectivity index (χ1v) is 11.4. The van der Waals surface area contributed by atoms with E-state index in [9.17, 15) is 10.1 Å². The lowest BCUT2D eigenvalue weighted by atomic mass is 9.72. The van der Waals surface area contributed by atoms with Crippen molar-refractivity contribution in [2.24, 2.45) is 0 Å². The molecule has 1 heterocycles. The van der Waals surface area contributed by atoms with Crippen LogP contribution in [0.1, 0.15) is 42.7 Å². The minimum atomic E-state index is -0.482. The van der Waals surface area contributed by atoms with E-state index in [0.29, 0.717) is 35.5 Å². The molecule has 0 saturated carbocycles. The van der Waals surface area contributed by atoms with E-state index in [4.69, 9.17) is 14.2 Å². The van der Waals surface area contributed by atoms with E-state index in [1.807, 2.05) is 43.3 Å². The molecule has 4 rings (SSSR count). The Bertz CT molecular complexity index is 1210. The molecule has 0 saturated heterocycles. The average molecular weight is 509 g/mol. The van der Waals surface area contributed by atoms with Crippen LogP contribution < -0.4 is 19.5 Å². The number of hydrogen-bond donors (Lipinski definition) is 1. The van der Waals surface area contributed by atoms with Gasteiger partial charge in [0.2, 0.25) is 0 Å². The van der Waals surface area contributed by atoms with Gasteiger partial charge < -0.3 is 19.5 Å². The maximum Gasteiger partial charge on any atom is 0.162 e. The fourth-order valence-electron chi connectivity index (χ4n) is 4.70. The van der Waals surface area contributed by atoms with Crippen molar-refractivity contribution in [3.63, 3.8) is 0 Å². The van der Waals surface area contributed by atoms with Crippen LogP contribution in [0.3, 0.4) is 0 Å². The van der Waals surface area contributed by atoms with Crippen molar-refractivity contribution >= 4 is 21.7 Å². The number of methoxy groups -OCH3 is 3. The lowest BCUT2D eigenvalue weighted by Crippen LogP contribution is -2.33. The number of nitrogens with zero attached hydrogens (tertiary/aromatic N) is 1. The van der Waals surface area contributed by atoms with Gasteiger partial charge in [-0.3, -0.25) is 4.79 Å². The van der Waals surface area contributed by atoms with Gasteiger partial charge in [-0.1, -0.05) is 28.1 Å². The van der Waals surface area contributed by atoms with Crippen LogP contribution in [-0.4, -0.2) is 27.1 Å². The molecule has 2 aliphatic rings. The zero-order chi connectivity index (χ0) is 23.7. The molecule has 0 aromatic heterocycles. The minimum Gasteiger partial charge on any atom is -0.497 e. The molecule has 0 fully saturated rings. The summed E-state index contributed by atoms with van der Waals surface area (Å²) >= 11 is 3.63. The maximum absolute atomic E-state index is 13.6. The smallest absolute Gasteiger partial charge is 0.162 e. The molecule has 2 aromatic rings. The Morgan fingerprint density at radius 2 is 1.70 bits per heavy atom. The van der Waals surface area contributed by atoms with E-state index in [0.717, 1.165) is 32.7 Å². The molecule has 0 radical (unpaired) electrons. The van der Waals surface area contributed by atoms with E-state index in [2.05, 4.69) is 27.3 Å². The molecular formula is C26H25BrN2O4. The van der Waals surface area contributed by atoms with Crippen LogP contribution in [0.5, 0.6) is 17.2 Å². The molecule has 1 N–H and O–H groups in total. The summed E-state index contributed by atoms with van der Waals surface area (Å²) in [7, 11) is 4.78. The number of rotatable bonds is 5. The standard InChI is InChI=1S/C26H25BrN2O4/c1-14-19(13-28)25(18-11-23(32-3)24(33-4)12-20(18)27)26-21(29-14)9-16(10-22(26)30)15-5-7-17(31-2)8-6-15/h5-8,11-12,16,25,29H,9-10H2,1-4H3/t16-,25+/m1/s1. The number of allylic oxidation sites excluding steroid dienone is 4. The van der Waals surface area contributed by atoms with E-state index >= 15 is 0 Å². The maximum atomic E-state index is 13.6. The van der Waals surface area contributed by atoms with E-state index in [1.165, 1.54) is 0 Å². The lowest BCUT2D eigenvalue weighted by Gasteiger charge is -2.36. The topological polar surface area (TPSA) is 80.6 Å². The van der Waals surface area contributed by atoms with Crippen molar-refractivity contribution in [2.75, 3.05) is 21.3 Å². The van der Waals surface area contributed by atoms with Crippen molar-refractivity contribution in [2.45, 2.75) is 31.6 Å². The molecule has 0 amide bonds. The SMILES string of the molecule is COc1ccc([C@H]2CC(=O)C3=C(C2)NC(C)=C(C#N)[C@@H]3c2cc(OC)c(OC)cc2Br)cc1. The van der Waals surface area contributed by atoms with Gasteiger partial charge in [-0.15, -0.1) is 0 Å². The van der Waals surface area contributed by atoms with Gasteiger partial charge in [0.15, 0.2) is 17.3 Å². The Morgan fingerprint density at radius 1 is 1.03 bits per heavy atom. The molecule has 1 aliphatic heterocycles. The quantitative estimate of drug-likeness (QED) is 0.585. The second-order valence-corrected chi connectivity index (χ2v) is 8.99. The van der Waals surface area contributed by atoms with Gasteiger partial charge in [-0.2, -0.15) is 5.26 Å². The van der Waals surface area contributed by atoms with E-state index in [-0.39, 0.29) is 11.7 Å². The van der Waals surface area contributed by atoms with Gasteiger partial charge in [0.1, 0.15) is 5.75 Å². The summed E-state index contributed by atoms with van der Waals surface area (Å²) in [5.74, 6) is 1.52. The first-order chi connectivity index (χ1) is 15.9. The molecule has 0 spiro atoms. The molecule has 7 heteroatoms. The number of benzene rings is 2. The zero-order valence-electron chi connectivity index (χ0n) is 19.0. The summed E-state index contributed by atoms with van der Waals surface area (Å²) in [4.78, 5) is 13.6. The van der Waals surface area contributed by atoms with Crippen LogP contribution >= 0.6 is 15.9 Å². The third-order valence-corrected chi connectivity index (χ3v) is 7.04. The van der Waals surface area contributed by atoms with Gasteiger partial charge in [0.05, 0.1) is 38.9 Å². The lowest BCUT2D eigenvalue weighted by molar-refractivity contribution is -0.116. The predicted octanol–water partition coefficient (Wildman–Crippen LogP) is 5.36. The number of ketones is 1. The van der Waals surface area contributed by atoms with Crippen LogP contribution in [0, 0.1) is 11.3 Å². The van der Waals surface area contributed by atoms with Crippen molar-refractivity contribution < 1.29 is 19.0 Å². The molecule has 0 bridgehead atoms. The number of nitriles is 1. The molecule has 2 atom stereocenters. The summed E-state index contributed by atoms with van der Waals surface area (Å²) in [6.07, 6.45) is 1.07.